The average molecular weight is 350 g/mol. The number of likely N-dealkylation sites (tertiary alicyclic amines) is 1. The van der Waals surface area contributed by atoms with Gasteiger partial charge in [-0.05, 0) is 25.3 Å². The fraction of sp³-hybridized carbons (Fsp3) is 0.556. The minimum Gasteiger partial charge on any atom is -0.450 e. The molecule has 1 aliphatic heterocycles. The summed E-state index contributed by atoms with van der Waals surface area (Å²) in [5.74, 6) is 0. The van der Waals surface area contributed by atoms with E-state index in [1.165, 1.54) is 0 Å². The van der Waals surface area contributed by atoms with Gasteiger partial charge in [-0.1, -0.05) is 30.3 Å². The number of carbonyl (C=O) groups is 2. The molecule has 7 nitrogen and oxygen atoms in total. The van der Waals surface area contributed by atoms with E-state index in [0.29, 0.717) is 32.5 Å². The van der Waals surface area contributed by atoms with Gasteiger partial charge >= 0.3 is 12.2 Å². The van der Waals surface area contributed by atoms with Gasteiger partial charge in [0.15, 0.2) is 0 Å². The Kier molecular flexibility index (Phi) is 7.53. The van der Waals surface area contributed by atoms with Crippen LogP contribution in [0.4, 0.5) is 9.59 Å². The molecule has 1 heterocycles. The van der Waals surface area contributed by atoms with Crippen LogP contribution in [-0.4, -0.2) is 66.0 Å². The van der Waals surface area contributed by atoms with E-state index in [-0.39, 0.29) is 31.9 Å². The third-order valence-electron chi connectivity index (χ3n) is 4.21. The van der Waals surface area contributed by atoms with Crippen LogP contribution < -0.4 is 0 Å². The Morgan fingerprint density at radius 2 is 1.88 bits per heavy atom. The molecule has 0 spiro atoms. The van der Waals surface area contributed by atoms with Gasteiger partial charge in [-0.15, -0.1) is 0 Å². The number of ether oxygens (including phenoxy) is 2. The molecule has 0 atom stereocenters. The maximum Gasteiger partial charge on any atom is 0.410 e. The van der Waals surface area contributed by atoms with Gasteiger partial charge in [-0.25, -0.2) is 9.59 Å². The first kappa shape index (κ1) is 19.1. The summed E-state index contributed by atoms with van der Waals surface area (Å²) in [4.78, 5) is 27.4. The Hall–Kier alpha value is -2.28. The molecule has 1 saturated heterocycles. The number of piperidine rings is 1. The van der Waals surface area contributed by atoms with E-state index in [4.69, 9.17) is 9.47 Å². The van der Waals surface area contributed by atoms with Crippen LogP contribution in [0.2, 0.25) is 0 Å². The van der Waals surface area contributed by atoms with E-state index in [9.17, 15) is 14.7 Å². The molecule has 0 bridgehead atoms. The molecule has 1 aromatic rings. The molecule has 138 valence electrons. The second-order valence-electron chi connectivity index (χ2n) is 5.87. The number of nitrogens with zero attached hydrogens (tertiary/aromatic N) is 2. The van der Waals surface area contributed by atoms with E-state index in [1.807, 2.05) is 30.3 Å². The Bertz CT molecular complexity index is 544. The van der Waals surface area contributed by atoms with E-state index in [1.54, 1.807) is 16.7 Å². The predicted octanol–water partition coefficient (Wildman–Crippen LogP) is 2.24. The second-order valence-corrected chi connectivity index (χ2v) is 5.87. The van der Waals surface area contributed by atoms with Crippen molar-refractivity contribution in [3.8, 4) is 0 Å². The summed E-state index contributed by atoms with van der Waals surface area (Å²) in [6.07, 6.45) is 0.521. The number of aliphatic hydroxyl groups is 1. The highest BCUT2D eigenvalue weighted by Crippen LogP contribution is 2.18. The molecule has 7 heteroatoms. The van der Waals surface area contributed by atoms with Crippen LogP contribution in [0.5, 0.6) is 0 Å². The fourth-order valence-corrected chi connectivity index (χ4v) is 2.91. The Labute approximate surface area is 148 Å². The molecule has 2 amide bonds. The molecule has 25 heavy (non-hydrogen) atoms. The molecule has 0 aliphatic carbocycles. The fourth-order valence-electron chi connectivity index (χ4n) is 2.91. The van der Waals surface area contributed by atoms with Crippen molar-refractivity contribution in [2.45, 2.75) is 32.4 Å². The third-order valence-corrected chi connectivity index (χ3v) is 4.21. The first-order chi connectivity index (χ1) is 12.2. The predicted molar refractivity (Wildman–Crippen MR) is 92.0 cm³/mol. The van der Waals surface area contributed by atoms with Crippen molar-refractivity contribution in [1.29, 1.82) is 0 Å². The standard InChI is InChI=1S/C18H26N2O5/c1-2-24-17(22)19-10-8-16(9-11-19)20(12-13-21)18(23)25-14-15-6-4-3-5-7-15/h3-7,16,21H,2,8-14H2,1H3. The number of hydrogen-bond acceptors (Lipinski definition) is 5. The number of aliphatic hydroxyl groups excluding tert-OH is 1. The highest BCUT2D eigenvalue weighted by atomic mass is 16.6. The molecule has 0 saturated carbocycles. The Morgan fingerprint density at radius 3 is 2.48 bits per heavy atom. The maximum absolute atomic E-state index is 12.4. The zero-order valence-corrected chi connectivity index (χ0v) is 14.6. The number of carbonyl (C=O) groups excluding carboxylic acids is 2. The van der Waals surface area contributed by atoms with Crippen molar-refractivity contribution in [2.24, 2.45) is 0 Å². The quantitative estimate of drug-likeness (QED) is 0.851. The zero-order chi connectivity index (χ0) is 18.1. The highest BCUT2D eigenvalue weighted by Gasteiger charge is 2.30. The summed E-state index contributed by atoms with van der Waals surface area (Å²) in [7, 11) is 0. The molecule has 1 N–H and O–H groups in total. The average Bonchev–Trinajstić information content (AvgIpc) is 2.65. The Balaban J connectivity index is 1.87. The summed E-state index contributed by atoms with van der Waals surface area (Å²) < 4.78 is 10.4. The molecule has 2 rings (SSSR count). The van der Waals surface area contributed by atoms with Crippen molar-refractivity contribution < 1.29 is 24.2 Å². The van der Waals surface area contributed by atoms with Gasteiger partial charge in [0.25, 0.3) is 0 Å². The lowest BCUT2D eigenvalue weighted by Crippen LogP contribution is -2.49. The highest BCUT2D eigenvalue weighted by molar-refractivity contribution is 5.69. The summed E-state index contributed by atoms with van der Waals surface area (Å²) in [5.41, 5.74) is 0.914. The monoisotopic (exact) mass is 350 g/mol. The second kappa shape index (κ2) is 9.88. The van der Waals surface area contributed by atoms with Gasteiger partial charge in [-0.3, -0.25) is 0 Å². The van der Waals surface area contributed by atoms with Crippen LogP contribution >= 0.6 is 0 Å². The number of amides is 2. The molecular formula is C18H26N2O5. The number of benzene rings is 1. The van der Waals surface area contributed by atoms with Gasteiger partial charge in [0, 0.05) is 25.7 Å². The zero-order valence-electron chi connectivity index (χ0n) is 14.6. The first-order valence-corrected chi connectivity index (χ1v) is 8.65. The van der Waals surface area contributed by atoms with Gasteiger partial charge in [0.2, 0.25) is 0 Å². The normalized spacial score (nSPS) is 14.9. The van der Waals surface area contributed by atoms with Crippen LogP contribution in [-0.2, 0) is 16.1 Å². The van der Waals surface area contributed by atoms with Crippen LogP contribution in [0.3, 0.4) is 0 Å². The van der Waals surface area contributed by atoms with E-state index < -0.39 is 6.09 Å². The smallest absolute Gasteiger partial charge is 0.410 e. The van der Waals surface area contributed by atoms with Crippen LogP contribution in [0.15, 0.2) is 30.3 Å². The molecule has 0 radical (unpaired) electrons. The Morgan fingerprint density at radius 1 is 1.20 bits per heavy atom. The lowest BCUT2D eigenvalue weighted by molar-refractivity contribution is 0.0480. The van der Waals surface area contributed by atoms with Crippen molar-refractivity contribution in [2.75, 3.05) is 32.8 Å². The largest absolute Gasteiger partial charge is 0.450 e. The van der Waals surface area contributed by atoms with Gasteiger partial charge in [0.1, 0.15) is 6.61 Å². The lowest BCUT2D eigenvalue weighted by Gasteiger charge is -2.37. The van der Waals surface area contributed by atoms with E-state index >= 15 is 0 Å². The van der Waals surface area contributed by atoms with Crippen molar-refractivity contribution in [1.82, 2.24) is 9.80 Å². The minimum absolute atomic E-state index is 0.0545. The van der Waals surface area contributed by atoms with Crippen LogP contribution in [0.1, 0.15) is 25.3 Å². The summed E-state index contributed by atoms with van der Waals surface area (Å²) >= 11 is 0. The number of hydrogen-bond donors (Lipinski definition) is 1. The molecule has 1 aromatic carbocycles. The summed E-state index contributed by atoms with van der Waals surface area (Å²) in [6.45, 7) is 3.46. The molecule has 1 aliphatic rings. The molecule has 0 aromatic heterocycles. The molecule has 0 unspecified atom stereocenters. The molecular weight excluding hydrogens is 324 g/mol. The van der Waals surface area contributed by atoms with E-state index in [0.717, 1.165) is 5.56 Å². The molecule has 1 fully saturated rings. The van der Waals surface area contributed by atoms with Crippen molar-refractivity contribution in [3.05, 3.63) is 35.9 Å². The third kappa shape index (κ3) is 5.63. The maximum atomic E-state index is 12.4. The first-order valence-electron chi connectivity index (χ1n) is 8.65. The SMILES string of the molecule is CCOC(=O)N1CCC(N(CCO)C(=O)OCc2ccccc2)CC1. The van der Waals surface area contributed by atoms with Crippen molar-refractivity contribution in [3.63, 3.8) is 0 Å². The van der Waals surface area contributed by atoms with Crippen LogP contribution in [0, 0.1) is 0 Å². The van der Waals surface area contributed by atoms with E-state index in [2.05, 4.69) is 0 Å². The van der Waals surface area contributed by atoms with Crippen molar-refractivity contribution >= 4 is 12.2 Å². The summed E-state index contributed by atoms with van der Waals surface area (Å²) in [6, 6.07) is 9.41. The lowest BCUT2D eigenvalue weighted by atomic mass is 10.0. The number of rotatable bonds is 6. The van der Waals surface area contributed by atoms with Gasteiger partial charge in [0.05, 0.1) is 13.2 Å². The minimum atomic E-state index is -0.438. The van der Waals surface area contributed by atoms with Crippen LogP contribution in [0.25, 0.3) is 0 Å². The van der Waals surface area contributed by atoms with Gasteiger partial charge < -0.3 is 24.4 Å². The van der Waals surface area contributed by atoms with Gasteiger partial charge in [-0.2, -0.15) is 0 Å². The topological polar surface area (TPSA) is 79.3 Å². The summed E-state index contributed by atoms with van der Waals surface area (Å²) in [5, 5.41) is 9.28.